The lowest BCUT2D eigenvalue weighted by atomic mass is 9.98. The van der Waals surface area contributed by atoms with Crippen molar-refractivity contribution >= 4 is 39.6 Å². The van der Waals surface area contributed by atoms with Crippen molar-refractivity contribution in [3.63, 3.8) is 0 Å². The second-order valence-corrected chi connectivity index (χ2v) is 5.37. The summed E-state index contributed by atoms with van der Waals surface area (Å²) in [5.74, 6) is -1.30. The Bertz CT molecular complexity index is 970. The summed E-state index contributed by atoms with van der Waals surface area (Å²) in [5.41, 5.74) is 1.17. The molecule has 3 aromatic rings. The number of hydrogen-bond donors (Lipinski definition) is 1. The summed E-state index contributed by atoms with van der Waals surface area (Å²) in [4.78, 5) is 22.5. The molecule has 0 aromatic heterocycles. The summed E-state index contributed by atoms with van der Waals surface area (Å²) in [5, 5.41) is 13.0. The lowest BCUT2D eigenvalue weighted by molar-refractivity contribution is -0.137. The smallest absolute Gasteiger partial charge is 0.335 e. The second kappa shape index (κ2) is 6.54. The van der Waals surface area contributed by atoms with Gasteiger partial charge in [-0.25, -0.2) is 9.59 Å². The van der Waals surface area contributed by atoms with E-state index in [1.807, 2.05) is 36.4 Å². The first-order valence-electron chi connectivity index (χ1n) is 7.63. The molecule has 0 saturated carbocycles. The number of benzene rings is 3. The molecule has 0 spiro atoms. The quantitative estimate of drug-likeness (QED) is 0.443. The number of carboxylic acid groups (broad SMARTS) is 1. The third-order valence-electron chi connectivity index (χ3n) is 3.81. The van der Waals surface area contributed by atoms with Crippen LogP contribution < -0.4 is 0 Å². The molecule has 0 unspecified atom stereocenters. The minimum absolute atomic E-state index is 0.274. The van der Waals surface area contributed by atoms with E-state index in [0.29, 0.717) is 6.61 Å². The molecule has 0 saturated heterocycles. The molecule has 120 valence electrons. The van der Waals surface area contributed by atoms with Crippen molar-refractivity contribution in [1.82, 2.24) is 0 Å². The maximum atomic E-state index is 11.4. The molecule has 0 fully saturated rings. The fourth-order valence-corrected chi connectivity index (χ4v) is 2.68. The number of rotatable bonds is 4. The van der Waals surface area contributed by atoms with Gasteiger partial charge in [0.2, 0.25) is 0 Å². The number of ether oxygens (including phenoxy) is 1. The minimum atomic E-state index is -0.934. The Kier molecular flexibility index (Phi) is 4.29. The maximum absolute atomic E-state index is 11.4. The number of esters is 1. The van der Waals surface area contributed by atoms with Gasteiger partial charge in [-0.15, -0.1) is 0 Å². The third kappa shape index (κ3) is 3.13. The molecule has 0 aliphatic rings. The normalized spacial score (nSPS) is 11.2. The van der Waals surface area contributed by atoms with Crippen molar-refractivity contribution in [2.24, 2.45) is 0 Å². The zero-order valence-corrected chi connectivity index (χ0v) is 13.2. The SMILES string of the molecule is CCOC(=O)/C=C/c1ccc2c(ccc3cc(C(=O)O)ccc32)c1. The highest BCUT2D eigenvalue weighted by Gasteiger charge is 2.06. The van der Waals surface area contributed by atoms with Crippen LogP contribution in [0.1, 0.15) is 22.8 Å². The molecule has 3 aromatic carbocycles. The average Bonchev–Trinajstić information content (AvgIpc) is 2.59. The summed E-state index contributed by atoms with van der Waals surface area (Å²) >= 11 is 0. The van der Waals surface area contributed by atoms with E-state index in [1.54, 1.807) is 25.1 Å². The number of carboxylic acids is 1. The van der Waals surface area contributed by atoms with Gasteiger partial charge >= 0.3 is 11.9 Å². The first-order valence-corrected chi connectivity index (χ1v) is 7.63. The number of carbonyl (C=O) groups excluding carboxylic acids is 1. The molecule has 4 heteroatoms. The molecule has 0 aliphatic carbocycles. The van der Waals surface area contributed by atoms with E-state index < -0.39 is 5.97 Å². The Morgan fingerprint density at radius 3 is 2.33 bits per heavy atom. The molecule has 4 nitrogen and oxygen atoms in total. The van der Waals surface area contributed by atoms with Gasteiger partial charge in [0.1, 0.15) is 0 Å². The first kappa shape index (κ1) is 15.7. The number of fused-ring (bicyclic) bond motifs is 3. The van der Waals surface area contributed by atoms with Gasteiger partial charge in [-0.05, 0) is 58.3 Å². The molecule has 0 atom stereocenters. The Balaban J connectivity index is 2.02. The Labute approximate surface area is 139 Å². The predicted octanol–water partition coefficient (Wildman–Crippen LogP) is 4.27. The van der Waals surface area contributed by atoms with E-state index in [-0.39, 0.29) is 11.5 Å². The summed E-state index contributed by atoms with van der Waals surface area (Å²) in [6, 6.07) is 14.8. The molecule has 0 heterocycles. The first-order chi connectivity index (χ1) is 11.6. The predicted molar refractivity (Wildman–Crippen MR) is 94.1 cm³/mol. The second-order valence-electron chi connectivity index (χ2n) is 5.37. The maximum Gasteiger partial charge on any atom is 0.335 e. The molecule has 0 amide bonds. The number of carbonyl (C=O) groups is 2. The molecule has 24 heavy (non-hydrogen) atoms. The fraction of sp³-hybridized carbons (Fsp3) is 0.100. The highest BCUT2D eigenvalue weighted by atomic mass is 16.5. The molecule has 3 rings (SSSR count). The van der Waals surface area contributed by atoms with E-state index in [9.17, 15) is 9.59 Å². The van der Waals surface area contributed by atoms with Crippen molar-refractivity contribution < 1.29 is 19.4 Å². The minimum Gasteiger partial charge on any atom is -0.478 e. The molecule has 0 bridgehead atoms. The lowest BCUT2D eigenvalue weighted by Crippen LogP contribution is -1.98. The molecule has 0 radical (unpaired) electrons. The van der Waals surface area contributed by atoms with Crippen LogP contribution in [0.25, 0.3) is 27.6 Å². The number of hydrogen-bond acceptors (Lipinski definition) is 3. The topological polar surface area (TPSA) is 63.6 Å². The van der Waals surface area contributed by atoms with Gasteiger partial charge in [0, 0.05) is 6.08 Å². The van der Waals surface area contributed by atoms with E-state index in [4.69, 9.17) is 9.84 Å². The van der Waals surface area contributed by atoms with Gasteiger partial charge < -0.3 is 9.84 Å². The van der Waals surface area contributed by atoms with Crippen molar-refractivity contribution in [1.29, 1.82) is 0 Å². The highest BCUT2D eigenvalue weighted by molar-refractivity contribution is 6.09. The van der Waals surface area contributed by atoms with Gasteiger partial charge in [-0.3, -0.25) is 0 Å². The van der Waals surface area contributed by atoms with Gasteiger partial charge in [0.05, 0.1) is 12.2 Å². The Morgan fingerprint density at radius 1 is 1.00 bits per heavy atom. The molecular formula is C20H16O4. The largest absolute Gasteiger partial charge is 0.478 e. The number of aromatic carboxylic acids is 1. The zero-order valence-electron chi connectivity index (χ0n) is 13.2. The monoisotopic (exact) mass is 320 g/mol. The molecule has 0 aliphatic heterocycles. The van der Waals surface area contributed by atoms with Crippen LogP contribution in [0.5, 0.6) is 0 Å². The zero-order chi connectivity index (χ0) is 17.1. The summed E-state index contributed by atoms with van der Waals surface area (Å²) < 4.78 is 4.87. The summed E-state index contributed by atoms with van der Waals surface area (Å²) in [6.07, 6.45) is 3.13. The van der Waals surface area contributed by atoms with Crippen LogP contribution in [0.15, 0.2) is 54.6 Å². The van der Waals surface area contributed by atoms with Crippen LogP contribution in [0.2, 0.25) is 0 Å². The standard InChI is InChI=1S/C20H16O4/c1-2-24-19(21)10-4-13-3-8-17-14(11-13)5-6-15-12-16(20(22)23)7-9-18(15)17/h3-12H,2H2,1H3,(H,22,23)/b10-4+. The van der Waals surface area contributed by atoms with Crippen LogP contribution in [0.4, 0.5) is 0 Å². The van der Waals surface area contributed by atoms with Crippen molar-refractivity contribution in [3.8, 4) is 0 Å². The Morgan fingerprint density at radius 2 is 1.67 bits per heavy atom. The highest BCUT2D eigenvalue weighted by Crippen LogP contribution is 2.27. The van der Waals surface area contributed by atoms with Crippen molar-refractivity contribution in [3.05, 3.63) is 65.7 Å². The van der Waals surface area contributed by atoms with Gasteiger partial charge in [0.25, 0.3) is 0 Å². The summed E-state index contributed by atoms with van der Waals surface area (Å²) in [6.45, 7) is 2.12. The van der Waals surface area contributed by atoms with Crippen LogP contribution in [0.3, 0.4) is 0 Å². The van der Waals surface area contributed by atoms with E-state index >= 15 is 0 Å². The van der Waals surface area contributed by atoms with Crippen molar-refractivity contribution in [2.75, 3.05) is 6.61 Å². The van der Waals surface area contributed by atoms with Gasteiger partial charge in [-0.1, -0.05) is 30.3 Å². The Hall–Kier alpha value is -3.14. The van der Waals surface area contributed by atoms with Crippen molar-refractivity contribution in [2.45, 2.75) is 6.92 Å². The van der Waals surface area contributed by atoms with Gasteiger partial charge in [0.15, 0.2) is 0 Å². The van der Waals surface area contributed by atoms with Crippen LogP contribution in [-0.2, 0) is 9.53 Å². The van der Waals surface area contributed by atoms with Crippen LogP contribution in [-0.4, -0.2) is 23.7 Å². The van der Waals surface area contributed by atoms with E-state index in [1.165, 1.54) is 6.08 Å². The fourth-order valence-electron chi connectivity index (χ4n) is 2.68. The van der Waals surface area contributed by atoms with Gasteiger partial charge in [-0.2, -0.15) is 0 Å². The van der Waals surface area contributed by atoms with E-state index in [0.717, 1.165) is 27.1 Å². The van der Waals surface area contributed by atoms with Crippen LogP contribution >= 0.6 is 0 Å². The third-order valence-corrected chi connectivity index (χ3v) is 3.81. The summed E-state index contributed by atoms with van der Waals surface area (Å²) in [7, 11) is 0. The van der Waals surface area contributed by atoms with E-state index in [2.05, 4.69) is 0 Å². The lowest BCUT2D eigenvalue weighted by Gasteiger charge is -2.06. The molecule has 1 N–H and O–H groups in total. The average molecular weight is 320 g/mol. The van der Waals surface area contributed by atoms with Crippen LogP contribution in [0, 0.1) is 0 Å². The molecular weight excluding hydrogens is 304 g/mol.